The first-order valence-electron chi connectivity index (χ1n) is 12.7. The topological polar surface area (TPSA) is 93.6 Å². The minimum absolute atomic E-state index is 0.00302. The molecule has 0 bridgehead atoms. The van der Waals surface area contributed by atoms with Gasteiger partial charge in [-0.15, -0.1) is 0 Å². The number of rotatable bonds is 13. The van der Waals surface area contributed by atoms with Crippen LogP contribution in [-0.4, -0.2) is 28.5 Å². The number of benzene rings is 2. The Labute approximate surface area is 207 Å². The van der Waals surface area contributed by atoms with Crippen molar-refractivity contribution in [3.05, 3.63) is 80.2 Å². The molecule has 3 rings (SSSR count). The molecule has 0 saturated heterocycles. The van der Waals surface area contributed by atoms with Gasteiger partial charge in [0.1, 0.15) is 22.6 Å². The zero-order chi connectivity index (χ0) is 25.4. The summed E-state index contributed by atoms with van der Waals surface area (Å²) in [7, 11) is -1.92. The Hall–Kier alpha value is -2.72. The van der Waals surface area contributed by atoms with Crippen LogP contribution in [0.4, 0.5) is 5.69 Å². The monoisotopic (exact) mass is 498 g/mol. The summed E-state index contributed by atoms with van der Waals surface area (Å²) in [6.45, 7) is 6.50. The van der Waals surface area contributed by atoms with Crippen LogP contribution in [0.3, 0.4) is 0 Å². The van der Waals surface area contributed by atoms with Gasteiger partial charge in [0.25, 0.3) is 5.69 Å². The summed E-state index contributed by atoms with van der Waals surface area (Å²) in [6.07, 6.45) is 9.07. The van der Waals surface area contributed by atoms with E-state index in [1.165, 1.54) is 6.07 Å². The van der Waals surface area contributed by atoms with Crippen LogP contribution in [0.15, 0.2) is 57.7 Å². The Bertz CT molecular complexity index is 1180. The molecule has 1 N–H and O–H groups in total. The fraction of sp³-hybridized carbons (Fsp3) is 0.464. The van der Waals surface area contributed by atoms with E-state index < -0.39 is 23.5 Å². The molecule has 0 radical (unpaired) electrons. The highest BCUT2D eigenvalue weighted by Crippen LogP contribution is 2.73. The predicted octanol–water partition coefficient (Wildman–Crippen LogP) is 7.91. The molecule has 2 aromatic carbocycles. The summed E-state index contributed by atoms with van der Waals surface area (Å²) in [5.41, 5.74) is 0.377. The Balaban J connectivity index is 2.38. The van der Waals surface area contributed by atoms with E-state index in [0.717, 1.165) is 62.6 Å². The molecule has 0 aliphatic carbocycles. The molecule has 1 aromatic heterocycles. The van der Waals surface area contributed by atoms with Crippen LogP contribution in [0.5, 0.6) is 5.75 Å². The van der Waals surface area contributed by atoms with Crippen molar-refractivity contribution in [1.29, 1.82) is 0 Å². The molecule has 1 heterocycles. The van der Waals surface area contributed by atoms with Gasteiger partial charge in [0.15, 0.2) is 0 Å². The molecule has 1 atom stereocenters. The van der Waals surface area contributed by atoms with Crippen LogP contribution in [0.2, 0.25) is 0 Å². The normalized spacial score (nSPS) is 12.7. The number of nitro benzene ring substituents is 1. The minimum Gasteiger partial charge on any atom is -0.506 e. The fourth-order valence-electron chi connectivity index (χ4n) is 5.10. The second-order valence-electron chi connectivity index (χ2n) is 9.35. The molecule has 0 fully saturated rings. The molecule has 188 valence electrons. The molecule has 7 heteroatoms. The maximum absolute atomic E-state index is 13.5. The maximum atomic E-state index is 13.5. The molecule has 1 unspecified atom stereocenters. The van der Waals surface area contributed by atoms with Crippen molar-refractivity contribution in [2.45, 2.75) is 65.0 Å². The lowest BCUT2D eigenvalue weighted by Crippen LogP contribution is -2.23. The highest BCUT2D eigenvalue weighted by atomic mass is 31.2. The SMILES string of the molecule is CCCC[P+](CCCC)(CCCC)C(c1cccc([N+](=O)[O-])c1)c1c(O)c2ccccc2oc1=O. The average molecular weight is 499 g/mol. The molecule has 0 aliphatic rings. The third-order valence-electron chi connectivity index (χ3n) is 6.91. The molecule has 0 amide bonds. The third kappa shape index (κ3) is 5.92. The first kappa shape index (κ1) is 26.9. The largest absolute Gasteiger partial charge is 0.506 e. The summed E-state index contributed by atoms with van der Waals surface area (Å²) in [4.78, 5) is 24.8. The summed E-state index contributed by atoms with van der Waals surface area (Å²) < 4.78 is 5.73. The standard InChI is InChI=1S/C28H36NO5P/c1-4-7-17-35(18-8-5-2,19-9-6-3)27(21-13-12-14-22(20-21)29(32)33)25-26(30)23-15-10-11-16-24(23)34-28(25)31/h10-16,20,27H,4-9,17-19H2,1-3H3/p+1. The van der Waals surface area contributed by atoms with E-state index in [1.54, 1.807) is 30.3 Å². The third-order valence-corrected chi connectivity index (χ3v) is 12.2. The van der Waals surface area contributed by atoms with Crippen molar-refractivity contribution in [3.63, 3.8) is 0 Å². The van der Waals surface area contributed by atoms with Gasteiger partial charge in [-0.25, -0.2) is 4.79 Å². The molecule has 0 spiro atoms. The molecular weight excluding hydrogens is 461 g/mol. The van der Waals surface area contributed by atoms with Gasteiger partial charge in [-0.1, -0.05) is 64.3 Å². The zero-order valence-corrected chi connectivity index (χ0v) is 21.9. The molecular formula is C28H37NO5P+. The van der Waals surface area contributed by atoms with Crippen molar-refractivity contribution in [2.24, 2.45) is 0 Å². The summed E-state index contributed by atoms with van der Waals surface area (Å²) >= 11 is 0. The van der Waals surface area contributed by atoms with Gasteiger partial charge in [-0.3, -0.25) is 10.1 Å². The number of fused-ring (bicyclic) bond motifs is 1. The molecule has 0 aliphatic heterocycles. The van der Waals surface area contributed by atoms with Gasteiger partial charge in [-0.2, -0.15) is 0 Å². The van der Waals surface area contributed by atoms with Gasteiger partial charge in [-0.05, 0) is 31.4 Å². The highest BCUT2D eigenvalue weighted by Gasteiger charge is 2.49. The van der Waals surface area contributed by atoms with Crippen molar-refractivity contribution >= 4 is 23.9 Å². The number of hydrogen-bond acceptors (Lipinski definition) is 5. The summed E-state index contributed by atoms with van der Waals surface area (Å²) in [5.74, 6) is -0.0535. The lowest BCUT2D eigenvalue weighted by molar-refractivity contribution is -0.384. The number of non-ortho nitro benzene ring substituents is 1. The molecule has 35 heavy (non-hydrogen) atoms. The Morgan fingerprint density at radius 3 is 2.11 bits per heavy atom. The first-order valence-corrected chi connectivity index (χ1v) is 15.1. The number of aromatic hydroxyl groups is 1. The maximum Gasteiger partial charge on any atom is 0.347 e. The second kappa shape index (κ2) is 12.3. The van der Waals surface area contributed by atoms with Crippen molar-refractivity contribution in [1.82, 2.24) is 0 Å². The second-order valence-corrected chi connectivity index (χ2v) is 13.6. The summed E-state index contributed by atoms with van der Waals surface area (Å²) in [6, 6.07) is 13.6. The number of unbranched alkanes of at least 4 members (excludes halogenated alkanes) is 3. The van der Waals surface area contributed by atoms with Gasteiger partial charge >= 0.3 is 5.63 Å². The fourth-order valence-corrected chi connectivity index (χ4v) is 10.9. The van der Waals surface area contributed by atoms with E-state index in [-0.39, 0.29) is 17.0 Å². The van der Waals surface area contributed by atoms with E-state index in [9.17, 15) is 20.0 Å². The Morgan fingerprint density at radius 2 is 1.54 bits per heavy atom. The number of para-hydroxylation sites is 1. The van der Waals surface area contributed by atoms with Crippen LogP contribution >= 0.6 is 7.26 Å². The Morgan fingerprint density at radius 1 is 0.943 bits per heavy atom. The van der Waals surface area contributed by atoms with Crippen LogP contribution in [0.1, 0.15) is 76.1 Å². The van der Waals surface area contributed by atoms with E-state index in [0.29, 0.717) is 11.0 Å². The quantitative estimate of drug-likeness (QED) is 0.112. The first-order chi connectivity index (χ1) is 16.9. The van der Waals surface area contributed by atoms with Crippen molar-refractivity contribution in [3.8, 4) is 5.75 Å². The van der Waals surface area contributed by atoms with Crippen molar-refractivity contribution in [2.75, 3.05) is 18.5 Å². The van der Waals surface area contributed by atoms with Gasteiger partial charge < -0.3 is 9.52 Å². The summed E-state index contributed by atoms with van der Waals surface area (Å²) in [5, 5.41) is 23.7. The average Bonchev–Trinajstić information content (AvgIpc) is 2.86. The smallest absolute Gasteiger partial charge is 0.347 e. The van der Waals surface area contributed by atoms with Crippen LogP contribution in [0.25, 0.3) is 11.0 Å². The highest BCUT2D eigenvalue weighted by molar-refractivity contribution is 7.76. The Kier molecular flexibility index (Phi) is 9.45. The zero-order valence-electron chi connectivity index (χ0n) is 21.0. The molecule has 6 nitrogen and oxygen atoms in total. The van der Waals surface area contributed by atoms with E-state index in [2.05, 4.69) is 20.8 Å². The number of nitrogens with zero attached hydrogens (tertiary/aromatic N) is 1. The van der Waals surface area contributed by atoms with Crippen LogP contribution in [-0.2, 0) is 0 Å². The predicted molar refractivity (Wildman–Crippen MR) is 145 cm³/mol. The van der Waals surface area contributed by atoms with Crippen molar-refractivity contribution < 1.29 is 14.4 Å². The number of nitro groups is 1. The van der Waals surface area contributed by atoms with E-state index in [4.69, 9.17) is 4.42 Å². The lowest BCUT2D eigenvalue weighted by atomic mass is 10.0. The van der Waals surface area contributed by atoms with Crippen LogP contribution < -0.4 is 5.63 Å². The van der Waals surface area contributed by atoms with Gasteiger partial charge in [0, 0.05) is 25.0 Å². The van der Waals surface area contributed by atoms with E-state index in [1.807, 2.05) is 12.1 Å². The minimum atomic E-state index is -1.92. The van der Waals surface area contributed by atoms with Gasteiger partial charge in [0.2, 0.25) is 0 Å². The number of hydrogen-bond donors (Lipinski definition) is 1. The van der Waals surface area contributed by atoms with Crippen LogP contribution in [0, 0.1) is 10.1 Å². The lowest BCUT2D eigenvalue weighted by Gasteiger charge is -2.35. The molecule has 3 aromatic rings. The van der Waals surface area contributed by atoms with E-state index >= 15 is 0 Å². The molecule has 0 saturated carbocycles. The van der Waals surface area contributed by atoms with Gasteiger partial charge in [0.05, 0.1) is 28.8 Å².